The molecule has 27 heavy (non-hydrogen) atoms. The van der Waals surface area contributed by atoms with Crippen molar-refractivity contribution in [2.24, 2.45) is 10.9 Å². The Morgan fingerprint density at radius 1 is 1.19 bits per heavy atom. The van der Waals surface area contributed by atoms with E-state index in [4.69, 9.17) is 0 Å². The van der Waals surface area contributed by atoms with E-state index in [-0.39, 0.29) is 49.4 Å². The molecule has 1 aliphatic rings. The summed E-state index contributed by atoms with van der Waals surface area (Å²) in [5, 5.41) is 16.5. The van der Waals surface area contributed by atoms with Gasteiger partial charge in [-0.05, 0) is 38.2 Å². The third kappa shape index (κ3) is 8.68. The van der Waals surface area contributed by atoms with E-state index in [1.807, 2.05) is 37.3 Å². The summed E-state index contributed by atoms with van der Waals surface area (Å²) in [4.78, 5) is 4.39. The Labute approximate surface area is 176 Å². The highest BCUT2D eigenvalue weighted by Gasteiger charge is 2.41. The molecule has 1 aliphatic carbocycles. The van der Waals surface area contributed by atoms with E-state index in [1.54, 1.807) is 0 Å². The number of benzene rings is 1. The second-order valence-corrected chi connectivity index (χ2v) is 6.80. The molecule has 0 aliphatic heterocycles. The minimum atomic E-state index is -4.09. The summed E-state index contributed by atoms with van der Waals surface area (Å²) in [7, 11) is 0. The van der Waals surface area contributed by atoms with Gasteiger partial charge in [0.15, 0.2) is 5.96 Å². The summed E-state index contributed by atoms with van der Waals surface area (Å²) in [5.41, 5.74) is 1.04. The quantitative estimate of drug-likeness (QED) is 0.317. The number of rotatable bonds is 6. The van der Waals surface area contributed by atoms with E-state index >= 15 is 0 Å². The number of nitrogens with one attached hydrogen (secondary N) is 2. The third-order valence-corrected chi connectivity index (χ3v) is 4.65. The zero-order valence-electron chi connectivity index (χ0n) is 15.5. The minimum Gasteiger partial charge on any atom is -0.391 e. The van der Waals surface area contributed by atoms with Crippen LogP contribution in [0, 0.1) is 5.92 Å². The Hall–Kier alpha value is -1.03. The monoisotopic (exact) mass is 499 g/mol. The molecule has 8 heteroatoms. The highest BCUT2D eigenvalue weighted by atomic mass is 127. The zero-order valence-corrected chi connectivity index (χ0v) is 17.8. The lowest BCUT2D eigenvalue weighted by molar-refractivity contribution is -0.182. The van der Waals surface area contributed by atoms with Gasteiger partial charge in [0.1, 0.15) is 0 Å². The number of hydrogen-bond acceptors (Lipinski definition) is 2. The molecule has 1 saturated carbocycles. The fourth-order valence-electron chi connectivity index (χ4n) is 3.23. The first-order chi connectivity index (χ1) is 12.4. The minimum absolute atomic E-state index is 0. The van der Waals surface area contributed by atoms with Crippen LogP contribution in [-0.2, 0) is 6.42 Å². The maximum absolute atomic E-state index is 12.8. The molecule has 4 nitrogen and oxygen atoms in total. The largest absolute Gasteiger partial charge is 0.391 e. The summed E-state index contributed by atoms with van der Waals surface area (Å²) in [6.45, 7) is 2.82. The molecule has 0 saturated heterocycles. The molecule has 0 amide bonds. The fraction of sp³-hybridized carbons (Fsp3) is 0.632. The predicted octanol–water partition coefficient (Wildman–Crippen LogP) is 3.88. The van der Waals surface area contributed by atoms with Gasteiger partial charge in [0.05, 0.1) is 18.6 Å². The molecule has 0 heterocycles. The van der Waals surface area contributed by atoms with Crippen molar-refractivity contribution in [3.63, 3.8) is 0 Å². The standard InChI is InChI=1S/C19H28F3N3O.HI/c1-2-23-18(24-13-17(26)12-14-6-4-3-5-7-14)25-16-10-8-15(9-11-16)19(20,21)22;/h3-7,15-17,26H,2,8-13H2,1H3,(H2,23,24,25);1H. The molecule has 0 spiro atoms. The van der Waals surface area contributed by atoms with Crippen molar-refractivity contribution in [3.8, 4) is 0 Å². The number of hydrogen-bond donors (Lipinski definition) is 3. The first-order valence-corrected chi connectivity index (χ1v) is 9.22. The fourth-order valence-corrected chi connectivity index (χ4v) is 3.23. The molecular weight excluding hydrogens is 470 g/mol. The number of alkyl halides is 3. The van der Waals surface area contributed by atoms with Crippen LogP contribution in [0.1, 0.15) is 38.2 Å². The molecule has 1 aromatic carbocycles. The normalized spacial score (nSPS) is 21.9. The van der Waals surface area contributed by atoms with Gasteiger partial charge in [0, 0.05) is 19.0 Å². The van der Waals surface area contributed by atoms with Crippen LogP contribution in [0.15, 0.2) is 35.3 Å². The van der Waals surface area contributed by atoms with Crippen LogP contribution >= 0.6 is 24.0 Å². The van der Waals surface area contributed by atoms with Gasteiger partial charge in [-0.15, -0.1) is 24.0 Å². The van der Waals surface area contributed by atoms with Gasteiger partial charge in [-0.1, -0.05) is 30.3 Å². The molecule has 2 rings (SSSR count). The Morgan fingerprint density at radius 3 is 2.37 bits per heavy atom. The van der Waals surface area contributed by atoms with Gasteiger partial charge in [-0.3, -0.25) is 4.99 Å². The number of halogens is 4. The lowest BCUT2D eigenvalue weighted by Gasteiger charge is -2.31. The van der Waals surface area contributed by atoms with Gasteiger partial charge in [-0.2, -0.15) is 13.2 Å². The maximum atomic E-state index is 12.8. The summed E-state index contributed by atoms with van der Waals surface area (Å²) < 4.78 is 38.3. The smallest absolute Gasteiger partial charge is 0.391 e. The van der Waals surface area contributed by atoms with Crippen LogP contribution in [0.2, 0.25) is 0 Å². The molecule has 1 fully saturated rings. The van der Waals surface area contributed by atoms with Crippen molar-refractivity contribution < 1.29 is 18.3 Å². The van der Waals surface area contributed by atoms with Crippen LogP contribution in [0.3, 0.4) is 0 Å². The molecule has 3 N–H and O–H groups in total. The zero-order chi connectivity index (χ0) is 19.0. The van der Waals surface area contributed by atoms with E-state index in [0.29, 0.717) is 31.8 Å². The highest BCUT2D eigenvalue weighted by molar-refractivity contribution is 14.0. The summed E-state index contributed by atoms with van der Waals surface area (Å²) in [6.07, 6.45) is -2.93. The molecule has 0 radical (unpaired) electrons. The average molecular weight is 499 g/mol. The Kier molecular flexibility index (Phi) is 10.4. The van der Waals surface area contributed by atoms with E-state index in [1.165, 1.54) is 0 Å². The number of guanidine groups is 1. The van der Waals surface area contributed by atoms with Crippen LogP contribution in [-0.4, -0.2) is 42.5 Å². The van der Waals surface area contributed by atoms with Gasteiger partial charge < -0.3 is 15.7 Å². The molecule has 1 aromatic rings. The van der Waals surface area contributed by atoms with Crippen molar-refractivity contribution in [2.45, 2.75) is 57.3 Å². The van der Waals surface area contributed by atoms with Crippen molar-refractivity contribution in [1.82, 2.24) is 10.6 Å². The van der Waals surface area contributed by atoms with Crippen LogP contribution in [0.4, 0.5) is 13.2 Å². The molecule has 1 atom stereocenters. The molecule has 0 aromatic heterocycles. The van der Waals surface area contributed by atoms with Gasteiger partial charge in [0.2, 0.25) is 0 Å². The molecular formula is C19H29F3IN3O. The first kappa shape index (κ1) is 24.0. The van der Waals surface area contributed by atoms with Gasteiger partial charge in [-0.25, -0.2) is 0 Å². The average Bonchev–Trinajstić information content (AvgIpc) is 2.60. The number of aliphatic hydroxyl groups is 1. The summed E-state index contributed by atoms with van der Waals surface area (Å²) >= 11 is 0. The summed E-state index contributed by atoms with van der Waals surface area (Å²) in [6, 6.07) is 9.67. The van der Waals surface area contributed by atoms with Crippen LogP contribution < -0.4 is 10.6 Å². The second-order valence-electron chi connectivity index (χ2n) is 6.80. The molecule has 0 bridgehead atoms. The Balaban J connectivity index is 0.00000364. The third-order valence-electron chi connectivity index (χ3n) is 4.65. The van der Waals surface area contributed by atoms with Crippen molar-refractivity contribution in [2.75, 3.05) is 13.1 Å². The van der Waals surface area contributed by atoms with E-state index in [2.05, 4.69) is 15.6 Å². The number of nitrogens with zero attached hydrogens (tertiary/aromatic N) is 1. The number of aliphatic imine (C=N–C) groups is 1. The topological polar surface area (TPSA) is 56.7 Å². The first-order valence-electron chi connectivity index (χ1n) is 9.22. The van der Waals surface area contributed by atoms with E-state index in [9.17, 15) is 18.3 Å². The van der Waals surface area contributed by atoms with Crippen LogP contribution in [0.5, 0.6) is 0 Å². The maximum Gasteiger partial charge on any atom is 0.391 e. The van der Waals surface area contributed by atoms with Gasteiger partial charge in [0.25, 0.3) is 0 Å². The van der Waals surface area contributed by atoms with E-state index in [0.717, 1.165) is 5.56 Å². The van der Waals surface area contributed by atoms with Gasteiger partial charge >= 0.3 is 6.18 Å². The highest BCUT2D eigenvalue weighted by Crippen LogP contribution is 2.37. The Morgan fingerprint density at radius 2 is 1.81 bits per heavy atom. The predicted molar refractivity (Wildman–Crippen MR) is 112 cm³/mol. The molecule has 1 unspecified atom stereocenters. The van der Waals surface area contributed by atoms with Crippen LogP contribution in [0.25, 0.3) is 0 Å². The van der Waals surface area contributed by atoms with Crippen molar-refractivity contribution >= 4 is 29.9 Å². The van der Waals surface area contributed by atoms with Crippen molar-refractivity contribution in [3.05, 3.63) is 35.9 Å². The Bertz CT molecular complexity index is 561. The lowest BCUT2D eigenvalue weighted by atomic mass is 9.85. The van der Waals surface area contributed by atoms with E-state index < -0.39 is 18.2 Å². The molecule has 154 valence electrons. The summed E-state index contributed by atoms with van der Waals surface area (Å²) in [5.74, 6) is -0.636. The van der Waals surface area contributed by atoms with Crippen molar-refractivity contribution in [1.29, 1.82) is 0 Å². The second kappa shape index (κ2) is 11.7. The SMILES string of the molecule is CCNC(=NCC(O)Cc1ccccc1)NC1CCC(C(F)(F)F)CC1.I. The number of aliphatic hydroxyl groups excluding tert-OH is 1. The lowest BCUT2D eigenvalue weighted by Crippen LogP contribution is -2.46.